The van der Waals surface area contributed by atoms with Crippen LogP contribution in [0, 0.1) is 0 Å². The maximum atomic E-state index is 12.4. The number of hydrogen-bond donors (Lipinski definition) is 1. The Morgan fingerprint density at radius 3 is 2.52 bits per heavy atom. The summed E-state index contributed by atoms with van der Waals surface area (Å²) in [5, 5.41) is 2.88. The highest BCUT2D eigenvalue weighted by atomic mass is 16.2. The molecule has 1 aromatic carbocycles. The third-order valence-electron chi connectivity index (χ3n) is 5.28. The van der Waals surface area contributed by atoms with Crippen molar-refractivity contribution in [1.29, 1.82) is 0 Å². The molecule has 2 aromatic heterocycles. The fraction of sp³-hybridized carbons (Fsp3) is 0.364. The molecule has 7 nitrogen and oxygen atoms in total. The largest absolute Gasteiger partial charge is 0.357 e. The standard InChI is InChI=1S/C22H25N5O2/c28-21(16-27-19-8-4-3-7-18(19)23-15-22(27)29)25-14-17-9-10-20(24-13-17)26-11-5-1-2-6-12-26/h3-4,7-10,13,15H,1-2,5-6,11-12,14,16H2,(H,25,28). The average Bonchev–Trinajstić information content (AvgIpc) is 3.04. The number of carbonyl (C=O) groups excluding carboxylic acids is 1. The van der Waals surface area contributed by atoms with Gasteiger partial charge in [0.25, 0.3) is 5.56 Å². The second-order valence-corrected chi connectivity index (χ2v) is 7.37. The predicted octanol–water partition coefficient (Wildman–Crippen LogP) is 2.49. The molecule has 3 heterocycles. The summed E-state index contributed by atoms with van der Waals surface area (Å²) in [4.78, 5) is 35.6. The number of aromatic nitrogens is 3. The van der Waals surface area contributed by atoms with Gasteiger partial charge in [0.15, 0.2) is 0 Å². The average molecular weight is 391 g/mol. The summed E-state index contributed by atoms with van der Waals surface area (Å²) in [6.07, 6.45) is 8.06. The number of hydrogen-bond acceptors (Lipinski definition) is 5. The molecule has 1 aliphatic rings. The van der Waals surface area contributed by atoms with Gasteiger partial charge in [-0.2, -0.15) is 0 Å². The van der Waals surface area contributed by atoms with Crippen LogP contribution in [0.25, 0.3) is 11.0 Å². The highest BCUT2D eigenvalue weighted by molar-refractivity contribution is 5.79. The summed E-state index contributed by atoms with van der Waals surface area (Å²) in [5.74, 6) is 0.775. The van der Waals surface area contributed by atoms with Crippen molar-refractivity contribution in [3.8, 4) is 0 Å². The summed E-state index contributed by atoms with van der Waals surface area (Å²) < 4.78 is 1.44. The van der Waals surface area contributed by atoms with E-state index in [2.05, 4.69) is 20.2 Å². The Morgan fingerprint density at radius 2 is 1.76 bits per heavy atom. The third kappa shape index (κ3) is 4.62. The zero-order chi connectivity index (χ0) is 20.1. The molecular weight excluding hydrogens is 366 g/mol. The highest BCUT2D eigenvalue weighted by Crippen LogP contribution is 2.17. The smallest absolute Gasteiger partial charge is 0.269 e. The Kier molecular flexibility index (Phi) is 5.84. The molecule has 1 aliphatic heterocycles. The summed E-state index contributed by atoms with van der Waals surface area (Å²) in [6, 6.07) is 11.3. The SMILES string of the molecule is O=C(Cn1c(=O)cnc2ccccc21)NCc1ccc(N2CCCCCC2)nc1. The highest BCUT2D eigenvalue weighted by Gasteiger charge is 2.12. The maximum Gasteiger partial charge on any atom is 0.269 e. The number of carbonyl (C=O) groups is 1. The predicted molar refractivity (Wildman–Crippen MR) is 113 cm³/mol. The molecule has 29 heavy (non-hydrogen) atoms. The number of rotatable bonds is 5. The first-order chi connectivity index (χ1) is 14.2. The molecule has 0 atom stereocenters. The Labute approximate surface area is 169 Å². The van der Waals surface area contributed by atoms with Crippen LogP contribution >= 0.6 is 0 Å². The first-order valence-corrected chi connectivity index (χ1v) is 10.1. The van der Waals surface area contributed by atoms with E-state index in [1.54, 1.807) is 6.07 Å². The summed E-state index contributed by atoms with van der Waals surface area (Å²) in [7, 11) is 0. The van der Waals surface area contributed by atoms with E-state index in [-0.39, 0.29) is 18.0 Å². The number of nitrogens with one attached hydrogen (secondary N) is 1. The Morgan fingerprint density at radius 1 is 0.966 bits per heavy atom. The van der Waals surface area contributed by atoms with Crippen molar-refractivity contribution in [1.82, 2.24) is 19.9 Å². The lowest BCUT2D eigenvalue weighted by Gasteiger charge is -2.21. The third-order valence-corrected chi connectivity index (χ3v) is 5.28. The maximum absolute atomic E-state index is 12.4. The van der Waals surface area contributed by atoms with Crippen molar-refractivity contribution in [2.45, 2.75) is 38.8 Å². The van der Waals surface area contributed by atoms with Crippen molar-refractivity contribution in [3.05, 3.63) is 64.7 Å². The molecule has 0 radical (unpaired) electrons. The van der Waals surface area contributed by atoms with Crippen LogP contribution in [0.2, 0.25) is 0 Å². The molecule has 0 unspecified atom stereocenters. The van der Waals surface area contributed by atoms with Gasteiger partial charge in [0.05, 0.1) is 17.2 Å². The van der Waals surface area contributed by atoms with Gasteiger partial charge < -0.3 is 10.2 Å². The lowest BCUT2D eigenvalue weighted by atomic mass is 10.2. The van der Waals surface area contributed by atoms with Crippen LogP contribution in [0.1, 0.15) is 31.2 Å². The molecule has 0 saturated carbocycles. The van der Waals surface area contributed by atoms with Crippen molar-refractivity contribution < 1.29 is 4.79 Å². The fourth-order valence-corrected chi connectivity index (χ4v) is 3.69. The van der Waals surface area contributed by atoms with Gasteiger partial charge in [-0.3, -0.25) is 14.2 Å². The van der Waals surface area contributed by atoms with E-state index in [0.29, 0.717) is 17.6 Å². The van der Waals surface area contributed by atoms with E-state index in [1.165, 1.54) is 36.4 Å². The lowest BCUT2D eigenvalue weighted by molar-refractivity contribution is -0.121. The number of para-hydroxylation sites is 2. The van der Waals surface area contributed by atoms with Gasteiger partial charge in [-0.15, -0.1) is 0 Å². The van der Waals surface area contributed by atoms with Gasteiger partial charge in [-0.1, -0.05) is 31.0 Å². The fourth-order valence-electron chi connectivity index (χ4n) is 3.69. The van der Waals surface area contributed by atoms with Crippen LogP contribution in [-0.4, -0.2) is 33.5 Å². The van der Waals surface area contributed by atoms with Crippen molar-refractivity contribution >= 4 is 22.8 Å². The molecule has 0 spiro atoms. The number of fused-ring (bicyclic) bond motifs is 1. The second-order valence-electron chi connectivity index (χ2n) is 7.37. The van der Waals surface area contributed by atoms with Crippen LogP contribution in [-0.2, 0) is 17.9 Å². The first-order valence-electron chi connectivity index (χ1n) is 10.1. The number of amides is 1. The molecular formula is C22H25N5O2. The molecule has 3 aromatic rings. The first kappa shape index (κ1) is 19.1. The number of anilines is 1. The number of pyridine rings is 1. The quantitative estimate of drug-likeness (QED) is 0.723. The van der Waals surface area contributed by atoms with Gasteiger partial charge in [-0.25, -0.2) is 9.97 Å². The molecule has 4 rings (SSSR count). The van der Waals surface area contributed by atoms with Crippen LogP contribution in [0.15, 0.2) is 53.6 Å². The second kappa shape index (κ2) is 8.86. The molecule has 0 aliphatic carbocycles. The topological polar surface area (TPSA) is 80.1 Å². The number of benzene rings is 1. The van der Waals surface area contributed by atoms with Crippen LogP contribution in [0.4, 0.5) is 5.82 Å². The minimum atomic E-state index is -0.290. The molecule has 1 N–H and O–H groups in total. The van der Waals surface area contributed by atoms with E-state index in [0.717, 1.165) is 24.5 Å². The molecule has 0 bridgehead atoms. The molecule has 1 fully saturated rings. The molecule has 150 valence electrons. The monoisotopic (exact) mass is 391 g/mol. The van der Waals surface area contributed by atoms with Crippen molar-refractivity contribution in [3.63, 3.8) is 0 Å². The minimum Gasteiger partial charge on any atom is -0.357 e. The Hall–Kier alpha value is -3.22. The zero-order valence-electron chi connectivity index (χ0n) is 16.4. The van der Waals surface area contributed by atoms with Crippen LogP contribution in [0.3, 0.4) is 0 Å². The Bertz CT molecular complexity index is 1040. The van der Waals surface area contributed by atoms with E-state index in [1.807, 2.05) is 36.5 Å². The number of nitrogens with zero attached hydrogens (tertiary/aromatic N) is 4. The molecule has 7 heteroatoms. The van der Waals surface area contributed by atoms with Gasteiger partial charge in [-0.05, 0) is 36.6 Å². The van der Waals surface area contributed by atoms with E-state index < -0.39 is 0 Å². The minimum absolute atomic E-state index is 0.0405. The van der Waals surface area contributed by atoms with Crippen LogP contribution < -0.4 is 15.8 Å². The van der Waals surface area contributed by atoms with Gasteiger partial charge in [0.1, 0.15) is 12.4 Å². The summed E-state index contributed by atoms with van der Waals surface area (Å²) in [6.45, 7) is 2.44. The zero-order valence-corrected chi connectivity index (χ0v) is 16.4. The van der Waals surface area contributed by atoms with E-state index in [4.69, 9.17) is 0 Å². The Balaban J connectivity index is 1.38. The summed E-state index contributed by atoms with van der Waals surface area (Å²) in [5.41, 5.74) is 1.98. The molecule has 1 saturated heterocycles. The van der Waals surface area contributed by atoms with Gasteiger partial charge in [0.2, 0.25) is 5.91 Å². The van der Waals surface area contributed by atoms with Gasteiger partial charge >= 0.3 is 0 Å². The van der Waals surface area contributed by atoms with E-state index in [9.17, 15) is 9.59 Å². The van der Waals surface area contributed by atoms with Gasteiger partial charge in [0, 0.05) is 25.8 Å². The van der Waals surface area contributed by atoms with E-state index >= 15 is 0 Å². The normalized spacial score (nSPS) is 14.6. The summed E-state index contributed by atoms with van der Waals surface area (Å²) >= 11 is 0. The van der Waals surface area contributed by atoms with Crippen molar-refractivity contribution in [2.75, 3.05) is 18.0 Å². The lowest BCUT2D eigenvalue weighted by Crippen LogP contribution is -2.32. The van der Waals surface area contributed by atoms with Crippen molar-refractivity contribution in [2.24, 2.45) is 0 Å². The molecule has 1 amide bonds. The van der Waals surface area contributed by atoms with Crippen LogP contribution in [0.5, 0.6) is 0 Å².